The highest BCUT2D eigenvalue weighted by Gasteiger charge is 2.19. The third kappa shape index (κ3) is 3.96. The first-order valence-corrected chi connectivity index (χ1v) is 10.1. The fourth-order valence-electron chi connectivity index (χ4n) is 2.90. The number of anilines is 1. The molecule has 7 heteroatoms. The third-order valence-corrected chi connectivity index (χ3v) is 6.22. The standard InChI is InChI=1S/C20H18ClFN2O2S/c1-12-11-15(22)7-8-16(12)17-9-10-20(23-14(17)3)24-27(25,26)19-6-4-5-18(21)13(19)2/h4-11H,1-3H3,(H,23,24). The molecule has 0 radical (unpaired) electrons. The fraction of sp³-hybridized carbons (Fsp3) is 0.150. The van der Waals surface area contributed by atoms with E-state index >= 15 is 0 Å². The maximum absolute atomic E-state index is 13.3. The fourth-order valence-corrected chi connectivity index (χ4v) is 4.40. The number of halogens is 2. The van der Waals surface area contributed by atoms with E-state index in [-0.39, 0.29) is 16.5 Å². The van der Waals surface area contributed by atoms with Crippen molar-refractivity contribution in [1.29, 1.82) is 0 Å². The molecule has 0 aliphatic rings. The number of aryl methyl sites for hydroxylation is 2. The highest BCUT2D eigenvalue weighted by Crippen LogP contribution is 2.29. The summed E-state index contributed by atoms with van der Waals surface area (Å²) in [5.74, 6) is -0.0986. The van der Waals surface area contributed by atoms with Gasteiger partial charge >= 0.3 is 0 Å². The number of benzene rings is 2. The van der Waals surface area contributed by atoms with Crippen LogP contribution in [-0.2, 0) is 10.0 Å². The largest absolute Gasteiger partial charge is 0.263 e. The van der Waals surface area contributed by atoms with Gasteiger partial charge in [0.25, 0.3) is 10.0 Å². The van der Waals surface area contributed by atoms with E-state index in [9.17, 15) is 12.8 Å². The number of hydrogen-bond acceptors (Lipinski definition) is 3. The molecule has 0 saturated carbocycles. The van der Waals surface area contributed by atoms with E-state index in [1.54, 1.807) is 44.2 Å². The van der Waals surface area contributed by atoms with Crippen LogP contribution in [0.4, 0.5) is 10.2 Å². The molecule has 2 aromatic carbocycles. The SMILES string of the molecule is Cc1cc(F)ccc1-c1ccc(NS(=O)(=O)c2cccc(Cl)c2C)nc1C. The maximum atomic E-state index is 13.3. The van der Waals surface area contributed by atoms with Gasteiger partial charge < -0.3 is 0 Å². The summed E-state index contributed by atoms with van der Waals surface area (Å²) in [6, 6.07) is 12.6. The minimum absolute atomic E-state index is 0.105. The van der Waals surface area contributed by atoms with Gasteiger partial charge in [0.2, 0.25) is 0 Å². The molecule has 4 nitrogen and oxygen atoms in total. The molecule has 0 unspecified atom stereocenters. The summed E-state index contributed by atoms with van der Waals surface area (Å²) >= 11 is 6.03. The molecule has 1 aromatic heterocycles. The molecular formula is C20H18ClFN2O2S. The molecule has 3 aromatic rings. The van der Waals surface area contributed by atoms with Crippen molar-refractivity contribution in [2.24, 2.45) is 0 Å². The molecule has 0 fully saturated rings. The van der Waals surface area contributed by atoms with Gasteiger partial charge in [-0.25, -0.2) is 17.8 Å². The number of aromatic nitrogens is 1. The average Bonchev–Trinajstić information content (AvgIpc) is 2.58. The lowest BCUT2D eigenvalue weighted by Gasteiger charge is -2.13. The molecule has 0 spiro atoms. The third-order valence-electron chi connectivity index (χ3n) is 4.31. The molecule has 0 amide bonds. The van der Waals surface area contributed by atoms with Crippen molar-refractivity contribution in [1.82, 2.24) is 4.98 Å². The highest BCUT2D eigenvalue weighted by atomic mass is 35.5. The lowest BCUT2D eigenvalue weighted by Crippen LogP contribution is -2.15. The summed E-state index contributed by atoms with van der Waals surface area (Å²) in [5, 5.41) is 0.379. The molecule has 140 valence electrons. The van der Waals surface area contributed by atoms with E-state index in [0.717, 1.165) is 16.7 Å². The minimum atomic E-state index is -3.82. The number of nitrogens with one attached hydrogen (secondary N) is 1. The summed E-state index contributed by atoms with van der Waals surface area (Å²) in [5.41, 5.74) is 3.55. The van der Waals surface area contributed by atoms with Crippen LogP contribution in [0.1, 0.15) is 16.8 Å². The van der Waals surface area contributed by atoms with E-state index in [1.807, 2.05) is 6.92 Å². The first-order valence-electron chi connectivity index (χ1n) is 8.21. The second kappa shape index (κ2) is 7.29. The van der Waals surface area contributed by atoms with Crippen molar-refractivity contribution in [3.8, 4) is 11.1 Å². The number of sulfonamides is 1. The van der Waals surface area contributed by atoms with Gasteiger partial charge in [-0.1, -0.05) is 23.7 Å². The molecule has 1 N–H and O–H groups in total. The zero-order chi connectivity index (χ0) is 19.8. The Morgan fingerprint density at radius 1 is 1.00 bits per heavy atom. The lowest BCUT2D eigenvalue weighted by molar-refractivity contribution is 0.600. The molecule has 27 heavy (non-hydrogen) atoms. The van der Waals surface area contributed by atoms with Gasteiger partial charge in [0.1, 0.15) is 11.6 Å². The van der Waals surface area contributed by atoms with Gasteiger partial charge in [-0.15, -0.1) is 0 Å². The van der Waals surface area contributed by atoms with Crippen LogP contribution in [0.3, 0.4) is 0 Å². The van der Waals surface area contributed by atoms with E-state index < -0.39 is 10.0 Å². The van der Waals surface area contributed by atoms with Crippen LogP contribution in [0.25, 0.3) is 11.1 Å². The van der Waals surface area contributed by atoms with E-state index in [1.165, 1.54) is 18.2 Å². The topological polar surface area (TPSA) is 59.1 Å². The molecule has 0 bridgehead atoms. The van der Waals surface area contributed by atoms with Crippen molar-refractivity contribution in [2.45, 2.75) is 25.7 Å². The van der Waals surface area contributed by atoms with Crippen molar-refractivity contribution in [2.75, 3.05) is 4.72 Å². The Labute approximate surface area is 163 Å². The smallest absolute Gasteiger partial charge is 0.263 e. The van der Waals surface area contributed by atoms with Gasteiger partial charge in [-0.3, -0.25) is 4.72 Å². The van der Waals surface area contributed by atoms with Gasteiger partial charge in [0, 0.05) is 16.3 Å². The summed E-state index contributed by atoms with van der Waals surface area (Å²) < 4.78 is 41.2. The Kier molecular flexibility index (Phi) is 5.22. The van der Waals surface area contributed by atoms with Crippen LogP contribution < -0.4 is 4.72 Å². The summed E-state index contributed by atoms with van der Waals surface area (Å²) in [6.45, 7) is 5.24. The van der Waals surface area contributed by atoms with Gasteiger partial charge in [0.15, 0.2) is 0 Å². The summed E-state index contributed by atoms with van der Waals surface area (Å²) in [4.78, 5) is 4.46. The van der Waals surface area contributed by atoms with Gasteiger partial charge in [-0.2, -0.15) is 0 Å². The van der Waals surface area contributed by atoms with Crippen molar-refractivity contribution < 1.29 is 12.8 Å². The Bertz CT molecular complexity index is 1130. The predicted molar refractivity (Wildman–Crippen MR) is 106 cm³/mol. The molecule has 0 atom stereocenters. The zero-order valence-electron chi connectivity index (χ0n) is 15.0. The summed E-state index contributed by atoms with van der Waals surface area (Å²) in [6.07, 6.45) is 0. The second-order valence-electron chi connectivity index (χ2n) is 6.26. The molecule has 0 saturated heterocycles. The minimum Gasteiger partial charge on any atom is -0.263 e. The monoisotopic (exact) mass is 404 g/mol. The number of hydrogen-bond donors (Lipinski definition) is 1. The molecule has 0 aliphatic heterocycles. The molecular weight excluding hydrogens is 387 g/mol. The quantitative estimate of drug-likeness (QED) is 0.644. The van der Waals surface area contributed by atoms with Crippen LogP contribution >= 0.6 is 11.6 Å². The van der Waals surface area contributed by atoms with Crippen molar-refractivity contribution >= 4 is 27.4 Å². The van der Waals surface area contributed by atoms with Crippen molar-refractivity contribution in [3.05, 3.63) is 76.2 Å². The first-order chi connectivity index (χ1) is 12.7. The number of nitrogens with zero attached hydrogens (tertiary/aromatic N) is 1. The van der Waals surface area contributed by atoms with E-state index in [0.29, 0.717) is 16.3 Å². The van der Waals surface area contributed by atoms with E-state index in [2.05, 4.69) is 9.71 Å². The van der Waals surface area contributed by atoms with Crippen LogP contribution in [0.2, 0.25) is 5.02 Å². The highest BCUT2D eigenvalue weighted by molar-refractivity contribution is 7.92. The Balaban J connectivity index is 1.95. The van der Waals surface area contributed by atoms with Crippen LogP contribution in [0.5, 0.6) is 0 Å². The van der Waals surface area contributed by atoms with Gasteiger partial charge in [-0.05, 0) is 73.9 Å². The Hall–Kier alpha value is -2.44. The van der Waals surface area contributed by atoms with Crippen LogP contribution in [-0.4, -0.2) is 13.4 Å². The maximum Gasteiger partial charge on any atom is 0.263 e. The number of rotatable bonds is 4. The molecule has 1 heterocycles. The predicted octanol–water partition coefficient (Wildman–Crippen LogP) is 5.27. The number of pyridine rings is 1. The zero-order valence-corrected chi connectivity index (χ0v) is 16.6. The van der Waals surface area contributed by atoms with Gasteiger partial charge in [0.05, 0.1) is 4.90 Å². The lowest BCUT2D eigenvalue weighted by atomic mass is 9.99. The Morgan fingerprint density at radius 2 is 1.70 bits per heavy atom. The van der Waals surface area contributed by atoms with Crippen molar-refractivity contribution in [3.63, 3.8) is 0 Å². The molecule has 3 rings (SSSR count). The van der Waals surface area contributed by atoms with Crippen LogP contribution in [0.15, 0.2) is 53.4 Å². The normalized spacial score (nSPS) is 11.4. The summed E-state index contributed by atoms with van der Waals surface area (Å²) in [7, 11) is -3.82. The second-order valence-corrected chi connectivity index (χ2v) is 8.32. The molecule has 0 aliphatic carbocycles. The first kappa shape index (κ1) is 19.3. The van der Waals surface area contributed by atoms with E-state index in [4.69, 9.17) is 11.6 Å². The average molecular weight is 405 g/mol. The van der Waals surface area contributed by atoms with Crippen LogP contribution in [0, 0.1) is 26.6 Å². The Morgan fingerprint density at radius 3 is 2.37 bits per heavy atom.